The van der Waals surface area contributed by atoms with Crippen molar-refractivity contribution < 1.29 is 9.63 Å². The summed E-state index contributed by atoms with van der Waals surface area (Å²) in [7, 11) is 0. The monoisotopic (exact) mass is 296 g/mol. The minimum Gasteiger partial charge on any atom is -0.386 e. The molecule has 0 saturated carbocycles. The molecular weight excluding hydrogens is 276 g/mol. The largest absolute Gasteiger partial charge is 0.386 e. The summed E-state index contributed by atoms with van der Waals surface area (Å²) >= 11 is 0. The van der Waals surface area contributed by atoms with E-state index in [0.29, 0.717) is 0 Å². The smallest absolute Gasteiger partial charge is 0.265 e. The normalized spacial score (nSPS) is 10.7. The van der Waals surface area contributed by atoms with E-state index in [1.165, 1.54) is 5.56 Å². The summed E-state index contributed by atoms with van der Waals surface area (Å²) in [5.41, 5.74) is 5.02. The molecule has 0 aliphatic carbocycles. The zero-order valence-electron chi connectivity index (χ0n) is 13.1. The predicted octanol–water partition coefficient (Wildman–Crippen LogP) is 3.60. The van der Waals surface area contributed by atoms with Crippen LogP contribution < -0.4 is 5.32 Å². The van der Waals surface area contributed by atoms with E-state index in [1.807, 2.05) is 63.2 Å². The van der Waals surface area contributed by atoms with Gasteiger partial charge in [0.2, 0.25) is 0 Å². The number of benzene rings is 2. The van der Waals surface area contributed by atoms with Gasteiger partial charge >= 0.3 is 0 Å². The highest BCUT2D eigenvalue weighted by atomic mass is 16.6. The Balaban J connectivity index is 1.88. The van der Waals surface area contributed by atoms with Crippen molar-refractivity contribution in [2.45, 2.75) is 20.8 Å². The van der Waals surface area contributed by atoms with Gasteiger partial charge in [0, 0.05) is 5.69 Å². The van der Waals surface area contributed by atoms with E-state index in [2.05, 4.69) is 10.5 Å². The highest BCUT2D eigenvalue weighted by Gasteiger charge is 2.08. The third-order valence-electron chi connectivity index (χ3n) is 3.21. The van der Waals surface area contributed by atoms with Crippen molar-refractivity contribution in [2.75, 3.05) is 11.9 Å². The van der Waals surface area contributed by atoms with E-state index < -0.39 is 0 Å². The number of nitrogens with zero attached hydrogens (tertiary/aromatic N) is 1. The number of hydrogen-bond donors (Lipinski definition) is 1. The second kappa shape index (κ2) is 7.41. The second-order valence-electron chi connectivity index (χ2n) is 5.24. The highest BCUT2D eigenvalue weighted by molar-refractivity contribution is 5.93. The molecule has 114 valence electrons. The van der Waals surface area contributed by atoms with Gasteiger partial charge in [-0.15, -0.1) is 0 Å². The Morgan fingerprint density at radius 3 is 2.41 bits per heavy atom. The molecule has 0 fully saturated rings. The van der Waals surface area contributed by atoms with Crippen molar-refractivity contribution in [1.29, 1.82) is 0 Å². The molecule has 0 saturated heterocycles. The summed E-state index contributed by atoms with van der Waals surface area (Å²) in [6.07, 6.45) is 1.58. The molecule has 0 unspecified atom stereocenters. The highest BCUT2D eigenvalue weighted by Crippen LogP contribution is 2.21. The van der Waals surface area contributed by atoms with Crippen molar-refractivity contribution in [2.24, 2.45) is 5.16 Å². The summed E-state index contributed by atoms with van der Waals surface area (Å²) in [6.45, 7) is 5.87. The first-order valence-corrected chi connectivity index (χ1v) is 7.14. The molecule has 4 heteroatoms. The number of rotatable bonds is 5. The fourth-order valence-corrected chi connectivity index (χ4v) is 2.29. The van der Waals surface area contributed by atoms with Crippen LogP contribution in [0.1, 0.15) is 22.3 Å². The summed E-state index contributed by atoms with van der Waals surface area (Å²) < 4.78 is 0. The van der Waals surface area contributed by atoms with Crippen molar-refractivity contribution >= 4 is 17.8 Å². The number of aryl methyl sites for hydroxylation is 3. The Labute approximate surface area is 130 Å². The van der Waals surface area contributed by atoms with Crippen LogP contribution in [-0.2, 0) is 9.63 Å². The molecule has 0 aromatic heterocycles. The van der Waals surface area contributed by atoms with Crippen LogP contribution in [0.25, 0.3) is 0 Å². The van der Waals surface area contributed by atoms with Crippen LogP contribution in [0.5, 0.6) is 0 Å². The van der Waals surface area contributed by atoms with Crippen LogP contribution in [0.15, 0.2) is 47.6 Å². The number of nitrogens with one attached hydrogen (secondary N) is 1. The first-order chi connectivity index (χ1) is 10.6. The lowest BCUT2D eigenvalue weighted by atomic mass is 10.1. The molecule has 4 nitrogen and oxygen atoms in total. The van der Waals surface area contributed by atoms with Gasteiger partial charge in [-0.2, -0.15) is 0 Å². The third-order valence-corrected chi connectivity index (χ3v) is 3.21. The van der Waals surface area contributed by atoms with Gasteiger partial charge in [0.1, 0.15) is 0 Å². The third kappa shape index (κ3) is 4.45. The topological polar surface area (TPSA) is 50.7 Å². The van der Waals surface area contributed by atoms with Gasteiger partial charge in [0.15, 0.2) is 6.61 Å². The number of anilines is 1. The molecule has 0 aliphatic rings. The van der Waals surface area contributed by atoms with Crippen LogP contribution in [0.3, 0.4) is 0 Å². The van der Waals surface area contributed by atoms with Gasteiger partial charge in [-0.05, 0) is 37.5 Å². The van der Waals surface area contributed by atoms with E-state index in [9.17, 15) is 4.79 Å². The molecule has 0 aliphatic heterocycles. The number of carbonyl (C=O) groups is 1. The van der Waals surface area contributed by atoms with E-state index in [0.717, 1.165) is 22.4 Å². The lowest BCUT2D eigenvalue weighted by molar-refractivity contribution is -0.120. The van der Waals surface area contributed by atoms with Crippen molar-refractivity contribution in [1.82, 2.24) is 0 Å². The van der Waals surface area contributed by atoms with E-state index in [1.54, 1.807) is 6.21 Å². The van der Waals surface area contributed by atoms with Crippen molar-refractivity contribution in [3.63, 3.8) is 0 Å². The first-order valence-electron chi connectivity index (χ1n) is 7.14. The number of carbonyl (C=O) groups excluding carboxylic acids is 1. The molecule has 0 bridgehead atoms. The van der Waals surface area contributed by atoms with Crippen molar-refractivity contribution in [3.05, 3.63) is 64.7 Å². The maximum atomic E-state index is 11.9. The maximum absolute atomic E-state index is 11.9. The van der Waals surface area contributed by atoms with Crippen LogP contribution in [0.2, 0.25) is 0 Å². The Morgan fingerprint density at radius 1 is 1.14 bits per heavy atom. The fourth-order valence-electron chi connectivity index (χ4n) is 2.29. The minimum absolute atomic E-state index is 0.115. The van der Waals surface area contributed by atoms with Gasteiger partial charge in [0.05, 0.1) is 6.21 Å². The molecule has 0 atom stereocenters. The summed E-state index contributed by atoms with van der Waals surface area (Å²) in [5.74, 6) is -0.222. The lowest BCUT2D eigenvalue weighted by Gasteiger charge is -2.12. The van der Waals surface area contributed by atoms with Gasteiger partial charge in [0.25, 0.3) is 5.91 Å². The van der Waals surface area contributed by atoms with Crippen LogP contribution in [0, 0.1) is 20.8 Å². The van der Waals surface area contributed by atoms with E-state index in [-0.39, 0.29) is 12.5 Å². The molecule has 22 heavy (non-hydrogen) atoms. The van der Waals surface area contributed by atoms with Crippen LogP contribution in [0.4, 0.5) is 5.69 Å². The van der Waals surface area contributed by atoms with Crippen LogP contribution in [-0.4, -0.2) is 18.7 Å². The molecule has 2 aromatic carbocycles. The van der Waals surface area contributed by atoms with Gasteiger partial charge in [-0.1, -0.05) is 53.2 Å². The van der Waals surface area contributed by atoms with Crippen LogP contribution >= 0.6 is 0 Å². The van der Waals surface area contributed by atoms with Crippen molar-refractivity contribution in [3.8, 4) is 0 Å². The van der Waals surface area contributed by atoms with Gasteiger partial charge in [-0.3, -0.25) is 4.79 Å². The van der Waals surface area contributed by atoms with Gasteiger partial charge < -0.3 is 10.2 Å². The van der Waals surface area contributed by atoms with E-state index >= 15 is 0 Å². The molecule has 1 N–H and O–H groups in total. The van der Waals surface area contributed by atoms with E-state index in [4.69, 9.17) is 4.84 Å². The first kappa shape index (κ1) is 15.8. The number of hydrogen-bond acceptors (Lipinski definition) is 3. The molecule has 0 spiro atoms. The summed E-state index contributed by atoms with van der Waals surface area (Å²) in [4.78, 5) is 16.9. The lowest BCUT2D eigenvalue weighted by Crippen LogP contribution is -2.18. The Bertz CT molecular complexity index is 656. The fraction of sp³-hybridized carbons (Fsp3) is 0.222. The minimum atomic E-state index is -0.222. The standard InChI is InChI=1S/C18H20N2O2/c1-13-9-14(2)18(15(3)10-13)20-17(21)12-22-19-11-16-7-5-4-6-8-16/h4-11H,12H2,1-3H3,(H,20,21)/b19-11-. The second-order valence-corrected chi connectivity index (χ2v) is 5.24. The molecule has 0 heterocycles. The molecule has 2 aromatic rings. The molecular formula is C18H20N2O2. The molecule has 1 amide bonds. The average molecular weight is 296 g/mol. The zero-order chi connectivity index (χ0) is 15.9. The number of amides is 1. The summed E-state index contributed by atoms with van der Waals surface area (Å²) in [5, 5.41) is 6.66. The Hall–Kier alpha value is -2.62. The Morgan fingerprint density at radius 2 is 1.77 bits per heavy atom. The predicted molar refractivity (Wildman–Crippen MR) is 89.3 cm³/mol. The quantitative estimate of drug-likeness (QED) is 0.677. The molecule has 0 radical (unpaired) electrons. The maximum Gasteiger partial charge on any atom is 0.265 e. The molecule has 2 rings (SSSR count). The summed E-state index contributed by atoms with van der Waals surface area (Å²) in [6, 6.07) is 13.7. The Kier molecular flexibility index (Phi) is 5.31. The average Bonchev–Trinajstić information content (AvgIpc) is 2.48. The zero-order valence-corrected chi connectivity index (χ0v) is 13.1. The van der Waals surface area contributed by atoms with Gasteiger partial charge in [-0.25, -0.2) is 0 Å². The SMILES string of the molecule is Cc1cc(C)c(NC(=O)CO/N=C\c2ccccc2)c(C)c1. The number of oxime groups is 1.